The number of hydrogen-bond donors (Lipinski definition) is 1. The molecule has 0 spiro atoms. The molecule has 0 bridgehead atoms. The van der Waals surface area contributed by atoms with Gasteiger partial charge in [-0.05, 0) is 29.9 Å². The lowest BCUT2D eigenvalue weighted by Gasteiger charge is -2.36. The Kier molecular flexibility index (Phi) is 6.82. The zero-order valence-corrected chi connectivity index (χ0v) is 14.4. The number of thiocarbonyl (C=S) groups is 1. The molecule has 1 N–H and O–H groups in total. The summed E-state index contributed by atoms with van der Waals surface area (Å²) in [5.74, 6) is 0. The number of nitrogens with zero attached hydrogens (tertiary/aromatic N) is 2. The van der Waals surface area contributed by atoms with Crippen molar-refractivity contribution in [2.75, 3.05) is 46.4 Å². The van der Waals surface area contributed by atoms with E-state index >= 15 is 0 Å². The second-order valence-electron chi connectivity index (χ2n) is 5.68. The maximum atomic E-state index is 12.6. The van der Waals surface area contributed by atoms with Crippen molar-refractivity contribution in [3.8, 4) is 0 Å². The molecule has 8 heteroatoms. The third-order valence-electron chi connectivity index (χ3n) is 3.93. The van der Waals surface area contributed by atoms with E-state index in [4.69, 9.17) is 17.0 Å². The van der Waals surface area contributed by atoms with Gasteiger partial charge < -0.3 is 15.0 Å². The number of alkyl halides is 3. The summed E-state index contributed by atoms with van der Waals surface area (Å²) in [5.41, 5.74) is 0.279. The van der Waals surface area contributed by atoms with E-state index in [-0.39, 0.29) is 0 Å². The van der Waals surface area contributed by atoms with E-state index < -0.39 is 11.7 Å². The minimum Gasteiger partial charge on any atom is -0.383 e. The molecule has 1 aliphatic heterocycles. The fourth-order valence-corrected chi connectivity index (χ4v) is 2.82. The summed E-state index contributed by atoms with van der Waals surface area (Å²) in [5, 5.41) is 3.87. The average molecular weight is 361 g/mol. The normalized spacial score (nSPS) is 16.2. The Morgan fingerprint density at radius 2 is 1.79 bits per heavy atom. The molecule has 24 heavy (non-hydrogen) atoms. The van der Waals surface area contributed by atoms with E-state index in [1.807, 2.05) is 0 Å². The first-order valence-corrected chi connectivity index (χ1v) is 8.21. The lowest BCUT2D eigenvalue weighted by atomic mass is 10.1. The molecule has 0 aromatic heterocycles. The second kappa shape index (κ2) is 8.64. The van der Waals surface area contributed by atoms with Gasteiger partial charge in [0.25, 0.3) is 0 Å². The van der Waals surface area contributed by atoms with E-state index in [2.05, 4.69) is 15.1 Å². The highest BCUT2D eigenvalue weighted by atomic mass is 32.1. The van der Waals surface area contributed by atoms with Gasteiger partial charge in [-0.15, -0.1) is 0 Å². The van der Waals surface area contributed by atoms with E-state index in [1.54, 1.807) is 19.2 Å². The smallest absolute Gasteiger partial charge is 0.383 e. The molecular weight excluding hydrogens is 339 g/mol. The Bertz CT molecular complexity index is 528. The van der Waals surface area contributed by atoms with Gasteiger partial charge in [0.2, 0.25) is 0 Å². The van der Waals surface area contributed by atoms with Crippen molar-refractivity contribution in [1.82, 2.24) is 15.1 Å². The fourth-order valence-electron chi connectivity index (χ4n) is 2.54. The zero-order valence-electron chi connectivity index (χ0n) is 13.6. The van der Waals surface area contributed by atoms with Crippen molar-refractivity contribution in [3.63, 3.8) is 0 Å². The lowest BCUT2D eigenvalue weighted by molar-refractivity contribution is -0.137. The predicted molar refractivity (Wildman–Crippen MR) is 90.8 cm³/mol. The van der Waals surface area contributed by atoms with Crippen LogP contribution in [0.1, 0.15) is 11.1 Å². The number of nitrogens with one attached hydrogen (secondary N) is 1. The van der Waals surface area contributed by atoms with Crippen LogP contribution in [0, 0.1) is 0 Å². The van der Waals surface area contributed by atoms with Crippen LogP contribution in [-0.2, 0) is 17.5 Å². The molecule has 1 saturated heterocycles. The molecule has 1 fully saturated rings. The van der Waals surface area contributed by atoms with Gasteiger partial charge in [-0.1, -0.05) is 12.1 Å². The Balaban J connectivity index is 1.77. The van der Waals surface area contributed by atoms with Crippen LogP contribution in [0.5, 0.6) is 0 Å². The van der Waals surface area contributed by atoms with Crippen molar-refractivity contribution >= 4 is 17.3 Å². The standard InChI is InChI=1S/C16H22F3N3OS/c1-23-11-6-20-15(24)22-9-7-21(8-10-22)12-13-2-4-14(5-3-13)16(17,18)19/h2-5H,6-12H2,1H3,(H,20,24). The van der Waals surface area contributed by atoms with Gasteiger partial charge in [0.1, 0.15) is 0 Å². The Labute approximate surface area is 145 Å². The molecule has 0 amide bonds. The Hall–Kier alpha value is -1.38. The van der Waals surface area contributed by atoms with Crippen molar-refractivity contribution in [2.24, 2.45) is 0 Å². The number of methoxy groups -OCH3 is 1. The highest BCUT2D eigenvalue weighted by Gasteiger charge is 2.30. The summed E-state index contributed by atoms with van der Waals surface area (Å²) in [7, 11) is 1.64. The van der Waals surface area contributed by atoms with E-state index in [0.29, 0.717) is 19.7 Å². The Morgan fingerprint density at radius 3 is 2.33 bits per heavy atom. The van der Waals surface area contributed by atoms with Crippen LogP contribution in [0.3, 0.4) is 0 Å². The summed E-state index contributed by atoms with van der Waals surface area (Å²) in [6, 6.07) is 5.37. The van der Waals surface area contributed by atoms with Gasteiger partial charge in [0, 0.05) is 46.4 Å². The minimum absolute atomic E-state index is 0.605. The molecular formula is C16H22F3N3OS. The number of hydrogen-bond acceptors (Lipinski definition) is 3. The van der Waals surface area contributed by atoms with E-state index in [1.165, 1.54) is 0 Å². The number of benzene rings is 1. The van der Waals surface area contributed by atoms with Crippen LogP contribution in [0.4, 0.5) is 13.2 Å². The molecule has 2 rings (SSSR count). The molecule has 1 aromatic rings. The van der Waals surface area contributed by atoms with Crippen LogP contribution < -0.4 is 5.32 Å². The van der Waals surface area contributed by atoms with Crippen molar-refractivity contribution < 1.29 is 17.9 Å². The molecule has 0 saturated carbocycles. The molecule has 0 unspecified atom stereocenters. The summed E-state index contributed by atoms with van der Waals surface area (Å²) >= 11 is 5.34. The van der Waals surface area contributed by atoms with Gasteiger partial charge >= 0.3 is 6.18 Å². The third-order valence-corrected chi connectivity index (χ3v) is 4.33. The van der Waals surface area contributed by atoms with Gasteiger partial charge in [0.05, 0.1) is 12.2 Å². The summed E-state index contributed by atoms with van der Waals surface area (Å²) in [6.45, 7) is 5.20. The third kappa shape index (κ3) is 5.61. The lowest BCUT2D eigenvalue weighted by Crippen LogP contribution is -2.51. The van der Waals surface area contributed by atoms with Crippen LogP contribution in [0.25, 0.3) is 0 Å². The largest absolute Gasteiger partial charge is 0.416 e. The van der Waals surface area contributed by atoms with Gasteiger partial charge in [-0.2, -0.15) is 13.2 Å². The van der Waals surface area contributed by atoms with Gasteiger partial charge in [0.15, 0.2) is 5.11 Å². The molecule has 0 atom stereocenters. The Morgan fingerprint density at radius 1 is 1.17 bits per heavy atom. The summed E-state index contributed by atoms with van der Waals surface area (Å²) in [4.78, 5) is 4.32. The number of ether oxygens (including phenoxy) is 1. The molecule has 1 aliphatic rings. The topological polar surface area (TPSA) is 27.7 Å². The van der Waals surface area contributed by atoms with Gasteiger partial charge in [-0.25, -0.2) is 0 Å². The molecule has 134 valence electrons. The summed E-state index contributed by atoms with van der Waals surface area (Å²) < 4.78 is 42.7. The first-order valence-electron chi connectivity index (χ1n) is 7.80. The first-order chi connectivity index (χ1) is 11.4. The predicted octanol–water partition coefficient (Wildman–Crippen LogP) is 2.34. The van der Waals surface area contributed by atoms with E-state index in [9.17, 15) is 13.2 Å². The fraction of sp³-hybridized carbons (Fsp3) is 0.562. The SMILES string of the molecule is COCCNC(=S)N1CCN(Cc2ccc(C(F)(F)F)cc2)CC1. The van der Waals surface area contributed by atoms with Crippen LogP contribution >= 0.6 is 12.2 Å². The van der Waals surface area contributed by atoms with Crippen LogP contribution in [-0.4, -0.2) is 61.4 Å². The quantitative estimate of drug-likeness (QED) is 0.642. The minimum atomic E-state index is -4.28. The zero-order chi connectivity index (χ0) is 17.6. The molecule has 1 aromatic carbocycles. The maximum absolute atomic E-state index is 12.6. The average Bonchev–Trinajstić information content (AvgIpc) is 2.55. The van der Waals surface area contributed by atoms with Crippen LogP contribution in [0.2, 0.25) is 0 Å². The van der Waals surface area contributed by atoms with Crippen LogP contribution in [0.15, 0.2) is 24.3 Å². The molecule has 4 nitrogen and oxygen atoms in total. The second-order valence-corrected chi connectivity index (χ2v) is 6.07. The monoisotopic (exact) mass is 361 g/mol. The molecule has 1 heterocycles. The van der Waals surface area contributed by atoms with Gasteiger partial charge in [-0.3, -0.25) is 4.90 Å². The highest BCUT2D eigenvalue weighted by molar-refractivity contribution is 7.80. The summed E-state index contributed by atoms with van der Waals surface area (Å²) in [6.07, 6.45) is -4.28. The highest BCUT2D eigenvalue weighted by Crippen LogP contribution is 2.29. The number of halogens is 3. The van der Waals surface area contributed by atoms with Crippen molar-refractivity contribution in [3.05, 3.63) is 35.4 Å². The van der Waals surface area contributed by atoms with Crippen molar-refractivity contribution in [1.29, 1.82) is 0 Å². The van der Waals surface area contributed by atoms with Crippen molar-refractivity contribution in [2.45, 2.75) is 12.7 Å². The first kappa shape index (κ1) is 19.0. The maximum Gasteiger partial charge on any atom is 0.416 e. The molecule has 0 radical (unpaired) electrons. The number of piperazine rings is 1. The molecule has 0 aliphatic carbocycles. The van der Waals surface area contributed by atoms with E-state index in [0.717, 1.165) is 49.0 Å². The number of rotatable bonds is 5.